The topological polar surface area (TPSA) is 107 Å². The summed E-state index contributed by atoms with van der Waals surface area (Å²) in [5.74, 6) is 0.0205. The minimum atomic E-state index is -3.17. The fraction of sp³-hybridized carbons (Fsp3) is 0.423. The van der Waals surface area contributed by atoms with Crippen LogP contribution in [-0.2, 0) is 19.8 Å². The van der Waals surface area contributed by atoms with Gasteiger partial charge in [-0.3, -0.25) is 14.4 Å². The number of nitrogens with zero attached hydrogens (tertiary/aromatic N) is 1. The highest BCUT2D eigenvalue weighted by Gasteiger charge is 2.34. The molecule has 192 valence electrons. The van der Waals surface area contributed by atoms with Gasteiger partial charge < -0.3 is 20.4 Å². The summed E-state index contributed by atoms with van der Waals surface area (Å²) >= 11 is 0. The molecule has 1 saturated heterocycles. The Hall–Kier alpha value is -3.33. The zero-order valence-electron chi connectivity index (χ0n) is 20.5. The first-order valence-corrected chi connectivity index (χ1v) is 11.2. The zero-order chi connectivity index (χ0) is 26.6. The van der Waals surface area contributed by atoms with Crippen LogP contribution in [-0.4, -0.2) is 59.6 Å². The Labute approximate surface area is 204 Å². The number of benzene rings is 2. The highest BCUT2D eigenvalue weighted by molar-refractivity contribution is 5.81. The lowest BCUT2D eigenvalue weighted by atomic mass is 9.82. The summed E-state index contributed by atoms with van der Waals surface area (Å²) < 4.78 is 19.8. The molecule has 1 atom stereocenters. The van der Waals surface area contributed by atoms with Crippen molar-refractivity contribution in [1.29, 1.82) is 0 Å². The monoisotopic (exact) mass is 492 g/mol. The average molecular weight is 493 g/mol. The summed E-state index contributed by atoms with van der Waals surface area (Å²) in [6.45, 7) is 6.37. The number of amides is 2. The lowest BCUT2D eigenvalue weighted by molar-refractivity contribution is -0.131. The molecule has 1 heterocycles. The lowest BCUT2D eigenvalue weighted by Crippen LogP contribution is -2.39. The fourth-order valence-electron chi connectivity index (χ4n) is 4.37. The van der Waals surface area contributed by atoms with E-state index < -0.39 is 6.61 Å². The average Bonchev–Trinajstić information content (AvgIpc) is 3.32. The Balaban J connectivity index is 0.000000285. The van der Waals surface area contributed by atoms with Crippen molar-refractivity contribution in [2.45, 2.75) is 58.6 Å². The molecule has 0 bridgehead atoms. The number of aliphatic hydroxyl groups is 1. The van der Waals surface area contributed by atoms with Crippen molar-refractivity contribution < 1.29 is 33.4 Å². The van der Waals surface area contributed by atoms with Crippen molar-refractivity contribution in [2.75, 3.05) is 13.1 Å². The molecule has 7 nitrogen and oxygen atoms in total. The lowest BCUT2D eigenvalue weighted by Gasteiger charge is -2.21. The van der Waals surface area contributed by atoms with Gasteiger partial charge in [0.1, 0.15) is 0 Å². The second-order valence-electron chi connectivity index (χ2n) is 8.68. The van der Waals surface area contributed by atoms with Crippen LogP contribution in [0.5, 0.6) is 0 Å². The van der Waals surface area contributed by atoms with Gasteiger partial charge in [0.2, 0.25) is 12.3 Å². The molecule has 2 aromatic carbocycles. The minimum Gasteiger partial charge on any atom is -0.483 e. The normalized spacial score (nSPS) is 16.2. The third-order valence-corrected chi connectivity index (χ3v) is 5.95. The molecule has 4 rings (SSSR count). The van der Waals surface area contributed by atoms with E-state index in [1.807, 2.05) is 11.8 Å². The molecule has 0 aromatic heterocycles. The number of aryl methyl sites for hydroxylation is 1. The Morgan fingerprint density at radius 3 is 2.29 bits per heavy atom. The molecule has 0 saturated carbocycles. The molecule has 0 radical (unpaired) electrons. The van der Waals surface area contributed by atoms with Crippen LogP contribution in [0.3, 0.4) is 0 Å². The molecule has 2 amide bonds. The number of alkyl halides is 2. The number of carboxylic acid groups (broad SMARTS) is 1. The van der Waals surface area contributed by atoms with E-state index in [0.717, 1.165) is 19.4 Å². The van der Waals surface area contributed by atoms with Gasteiger partial charge in [0.25, 0.3) is 6.47 Å². The van der Waals surface area contributed by atoms with E-state index in [-0.39, 0.29) is 24.3 Å². The van der Waals surface area contributed by atoms with Gasteiger partial charge in [0, 0.05) is 18.0 Å². The standard InChI is InChI=1S/C16H16.C8H14N2O2.CH2F2O.CH2O2/c1-11-8-9-15-13(10-11)12-6-4-5-7-14(12)16(15,2)3;1-7-3-2-4-10(7)8(12)5-9-6-11;2-1(3)4;2-1-3/h4-10H,1-3H3;6-7H,2-5H2,1H3,(H,9,11);1,4H;1H,(H,2,3). The number of aliphatic hydroxyl groups excluding tert-OH is 1. The minimum absolute atomic E-state index is 0.0205. The predicted octanol–water partition coefficient (Wildman–Crippen LogP) is 3.95. The van der Waals surface area contributed by atoms with Crippen molar-refractivity contribution >= 4 is 18.8 Å². The predicted molar refractivity (Wildman–Crippen MR) is 130 cm³/mol. The van der Waals surface area contributed by atoms with Crippen LogP contribution in [0.1, 0.15) is 50.3 Å². The molecular formula is C26H34F2N2O5. The van der Waals surface area contributed by atoms with Crippen molar-refractivity contribution in [1.82, 2.24) is 10.2 Å². The zero-order valence-corrected chi connectivity index (χ0v) is 20.5. The van der Waals surface area contributed by atoms with Crippen LogP contribution >= 0.6 is 0 Å². The summed E-state index contributed by atoms with van der Waals surface area (Å²) in [6.07, 6.45) is 2.71. The number of halogens is 2. The van der Waals surface area contributed by atoms with E-state index in [4.69, 9.17) is 15.0 Å². The smallest absolute Gasteiger partial charge is 0.342 e. The highest BCUT2D eigenvalue weighted by atomic mass is 19.3. The highest BCUT2D eigenvalue weighted by Crippen LogP contribution is 2.48. The van der Waals surface area contributed by atoms with Gasteiger partial charge in [-0.25, -0.2) is 0 Å². The van der Waals surface area contributed by atoms with Crippen LogP contribution in [0.2, 0.25) is 0 Å². The largest absolute Gasteiger partial charge is 0.483 e. The summed E-state index contributed by atoms with van der Waals surface area (Å²) in [7, 11) is 0. The Morgan fingerprint density at radius 1 is 1.17 bits per heavy atom. The van der Waals surface area contributed by atoms with E-state index in [1.165, 1.54) is 27.8 Å². The first-order chi connectivity index (χ1) is 16.5. The van der Waals surface area contributed by atoms with Gasteiger partial charge in [-0.15, -0.1) is 0 Å². The van der Waals surface area contributed by atoms with E-state index in [0.29, 0.717) is 12.5 Å². The van der Waals surface area contributed by atoms with Crippen LogP contribution in [0.15, 0.2) is 42.5 Å². The van der Waals surface area contributed by atoms with Crippen LogP contribution < -0.4 is 5.32 Å². The molecule has 1 fully saturated rings. The second kappa shape index (κ2) is 14.2. The molecule has 1 unspecified atom stereocenters. The van der Waals surface area contributed by atoms with Crippen molar-refractivity contribution in [3.05, 3.63) is 59.2 Å². The number of rotatable bonds is 3. The van der Waals surface area contributed by atoms with Gasteiger partial charge >= 0.3 is 6.61 Å². The van der Waals surface area contributed by atoms with Crippen molar-refractivity contribution in [3.63, 3.8) is 0 Å². The molecule has 1 aliphatic carbocycles. The molecule has 0 spiro atoms. The van der Waals surface area contributed by atoms with Gasteiger partial charge in [0.05, 0.1) is 6.54 Å². The number of fused-ring (bicyclic) bond motifs is 3. The molecule has 2 aromatic rings. The number of nitrogens with one attached hydrogen (secondary N) is 1. The van der Waals surface area contributed by atoms with Gasteiger partial charge in [-0.1, -0.05) is 61.9 Å². The molecule has 3 N–H and O–H groups in total. The summed E-state index contributed by atoms with van der Waals surface area (Å²) in [5.41, 5.74) is 7.23. The van der Waals surface area contributed by atoms with Gasteiger partial charge in [-0.05, 0) is 48.9 Å². The van der Waals surface area contributed by atoms with Crippen LogP contribution in [0.25, 0.3) is 11.1 Å². The first-order valence-electron chi connectivity index (χ1n) is 11.2. The molecule has 2 aliphatic rings. The molecule has 35 heavy (non-hydrogen) atoms. The molecule has 1 aliphatic heterocycles. The van der Waals surface area contributed by atoms with Crippen molar-refractivity contribution in [3.8, 4) is 11.1 Å². The van der Waals surface area contributed by atoms with Crippen LogP contribution in [0.4, 0.5) is 8.78 Å². The Morgan fingerprint density at radius 2 is 1.74 bits per heavy atom. The summed E-state index contributed by atoms with van der Waals surface area (Å²) in [4.78, 5) is 31.4. The number of carbonyl (C=O) groups is 3. The third kappa shape index (κ3) is 8.43. The quantitative estimate of drug-likeness (QED) is 0.563. The number of hydrogen-bond acceptors (Lipinski definition) is 4. The Bertz CT molecular complexity index is 979. The van der Waals surface area contributed by atoms with E-state index in [9.17, 15) is 18.4 Å². The third-order valence-electron chi connectivity index (χ3n) is 5.95. The maximum Gasteiger partial charge on any atom is 0.342 e. The number of carbonyl (C=O) groups excluding carboxylic acids is 2. The molecular weight excluding hydrogens is 458 g/mol. The van der Waals surface area contributed by atoms with Gasteiger partial charge in [0.15, 0.2) is 0 Å². The first kappa shape index (κ1) is 29.7. The molecule has 9 heteroatoms. The maximum atomic E-state index is 11.3. The van der Waals surface area contributed by atoms with E-state index >= 15 is 0 Å². The van der Waals surface area contributed by atoms with Crippen molar-refractivity contribution in [2.24, 2.45) is 0 Å². The number of likely N-dealkylation sites (tertiary alicyclic amines) is 1. The van der Waals surface area contributed by atoms with Gasteiger partial charge in [-0.2, -0.15) is 8.78 Å². The van der Waals surface area contributed by atoms with E-state index in [2.05, 4.69) is 68.6 Å². The second-order valence-corrected chi connectivity index (χ2v) is 8.68. The maximum absolute atomic E-state index is 11.3. The Kier molecular flexibility index (Phi) is 12.0. The fourth-order valence-corrected chi connectivity index (χ4v) is 4.37. The van der Waals surface area contributed by atoms with E-state index in [1.54, 1.807) is 0 Å². The van der Waals surface area contributed by atoms with Crippen LogP contribution in [0, 0.1) is 6.92 Å². The SMILES string of the molecule is CC1CCCN1C(=O)CNC=O.Cc1ccc2c(c1)-c1ccccc1C2(C)C.O=CO.OC(F)F. The number of hydrogen-bond donors (Lipinski definition) is 3. The summed E-state index contributed by atoms with van der Waals surface area (Å²) in [6, 6.07) is 15.9. The summed E-state index contributed by atoms with van der Waals surface area (Å²) in [5, 5.41) is 16.0.